The molecule has 0 bridgehead atoms. The summed E-state index contributed by atoms with van der Waals surface area (Å²) in [7, 11) is 1.66. The molecule has 3 nitrogen and oxygen atoms in total. The van der Waals surface area contributed by atoms with Crippen molar-refractivity contribution in [2.45, 2.75) is 13.0 Å². The van der Waals surface area contributed by atoms with E-state index >= 15 is 0 Å². The number of benzene rings is 2. The number of halogens is 1. The smallest absolute Gasteiger partial charge is 0.123 e. The maximum absolute atomic E-state index is 5.91. The van der Waals surface area contributed by atoms with Gasteiger partial charge in [-0.1, -0.05) is 34.1 Å². The van der Waals surface area contributed by atoms with Crippen molar-refractivity contribution in [2.75, 3.05) is 13.7 Å². The Kier molecular flexibility index (Phi) is 5.44. The van der Waals surface area contributed by atoms with Crippen LogP contribution in [-0.4, -0.2) is 13.7 Å². The number of rotatable bonds is 6. The van der Waals surface area contributed by atoms with Gasteiger partial charge in [0.1, 0.15) is 18.1 Å². The number of methoxy groups -OCH3 is 1. The highest BCUT2D eigenvalue weighted by atomic mass is 79.9. The van der Waals surface area contributed by atoms with Gasteiger partial charge in [-0.15, -0.1) is 0 Å². The molecule has 0 aliphatic heterocycles. The first-order valence-corrected chi connectivity index (χ1v) is 7.27. The fraction of sp³-hybridized carbons (Fsp3) is 0.250. The minimum absolute atomic E-state index is 0.485. The highest BCUT2D eigenvalue weighted by molar-refractivity contribution is 9.10. The molecule has 0 aliphatic rings. The van der Waals surface area contributed by atoms with Crippen LogP contribution in [0.25, 0.3) is 0 Å². The van der Waals surface area contributed by atoms with Gasteiger partial charge in [0.05, 0.1) is 7.11 Å². The summed E-state index contributed by atoms with van der Waals surface area (Å²) < 4.78 is 12.2. The van der Waals surface area contributed by atoms with E-state index in [0.717, 1.165) is 33.5 Å². The van der Waals surface area contributed by atoms with Gasteiger partial charge in [-0.3, -0.25) is 0 Å². The molecule has 20 heavy (non-hydrogen) atoms. The van der Waals surface area contributed by atoms with Crippen LogP contribution in [0.2, 0.25) is 0 Å². The lowest BCUT2D eigenvalue weighted by atomic mass is 10.1. The van der Waals surface area contributed by atoms with Gasteiger partial charge in [-0.25, -0.2) is 0 Å². The summed E-state index contributed by atoms with van der Waals surface area (Å²) in [6, 6.07) is 13.8. The molecular weight excluding hydrogens is 318 g/mol. The van der Waals surface area contributed by atoms with Crippen molar-refractivity contribution in [1.29, 1.82) is 0 Å². The van der Waals surface area contributed by atoms with E-state index in [1.54, 1.807) is 7.11 Å². The summed E-state index contributed by atoms with van der Waals surface area (Å²) in [6.07, 6.45) is 0.815. The summed E-state index contributed by atoms with van der Waals surface area (Å²) in [5.74, 6) is 1.70. The molecule has 0 saturated carbocycles. The third-order valence-corrected chi connectivity index (χ3v) is 3.80. The average molecular weight is 336 g/mol. The molecule has 0 fully saturated rings. The lowest BCUT2D eigenvalue weighted by Crippen LogP contribution is -2.05. The second kappa shape index (κ2) is 7.31. The zero-order valence-corrected chi connectivity index (χ0v) is 13.0. The van der Waals surface area contributed by atoms with Crippen LogP contribution in [0.5, 0.6) is 11.5 Å². The highest BCUT2D eigenvalue weighted by Crippen LogP contribution is 2.25. The van der Waals surface area contributed by atoms with Crippen molar-refractivity contribution in [1.82, 2.24) is 0 Å². The second-order valence-corrected chi connectivity index (χ2v) is 5.25. The SMILES string of the molecule is COc1ccc(Br)c(COc2ccccc2CCN)c1. The molecule has 2 aromatic carbocycles. The van der Waals surface area contributed by atoms with Crippen LogP contribution < -0.4 is 15.2 Å². The predicted molar refractivity (Wildman–Crippen MR) is 84.2 cm³/mol. The Labute approximate surface area is 127 Å². The second-order valence-electron chi connectivity index (χ2n) is 4.39. The van der Waals surface area contributed by atoms with Crippen molar-refractivity contribution in [3.8, 4) is 11.5 Å². The maximum atomic E-state index is 5.91. The van der Waals surface area contributed by atoms with Crippen molar-refractivity contribution in [2.24, 2.45) is 5.73 Å². The van der Waals surface area contributed by atoms with Crippen molar-refractivity contribution in [3.63, 3.8) is 0 Å². The van der Waals surface area contributed by atoms with Gasteiger partial charge >= 0.3 is 0 Å². The zero-order chi connectivity index (χ0) is 14.4. The molecule has 0 saturated heterocycles. The van der Waals surface area contributed by atoms with Crippen molar-refractivity contribution >= 4 is 15.9 Å². The molecule has 0 heterocycles. The third-order valence-electron chi connectivity index (χ3n) is 3.02. The van der Waals surface area contributed by atoms with Gasteiger partial charge in [-0.2, -0.15) is 0 Å². The fourth-order valence-corrected chi connectivity index (χ4v) is 2.31. The van der Waals surface area contributed by atoms with E-state index in [1.165, 1.54) is 0 Å². The number of nitrogens with two attached hydrogens (primary N) is 1. The average Bonchev–Trinajstić information content (AvgIpc) is 2.48. The molecule has 0 aliphatic carbocycles. The van der Waals surface area contributed by atoms with E-state index in [2.05, 4.69) is 15.9 Å². The van der Waals surface area contributed by atoms with E-state index in [0.29, 0.717) is 13.2 Å². The Morgan fingerprint density at radius 3 is 2.65 bits per heavy atom. The number of para-hydroxylation sites is 1. The van der Waals surface area contributed by atoms with Crippen LogP contribution in [-0.2, 0) is 13.0 Å². The number of hydrogen-bond donors (Lipinski definition) is 1. The normalized spacial score (nSPS) is 10.3. The molecule has 0 spiro atoms. The van der Waals surface area contributed by atoms with Gasteiger partial charge in [0.25, 0.3) is 0 Å². The van der Waals surface area contributed by atoms with Crippen LogP contribution in [0.1, 0.15) is 11.1 Å². The maximum Gasteiger partial charge on any atom is 0.123 e. The van der Waals surface area contributed by atoms with E-state index in [-0.39, 0.29) is 0 Å². The van der Waals surface area contributed by atoms with Gasteiger partial charge in [0, 0.05) is 10.0 Å². The summed E-state index contributed by atoms with van der Waals surface area (Å²) in [4.78, 5) is 0. The first kappa shape index (κ1) is 14.9. The van der Waals surface area contributed by atoms with E-state index in [1.807, 2.05) is 42.5 Å². The van der Waals surface area contributed by atoms with Crippen LogP contribution in [0, 0.1) is 0 Å². The summed E-state index contributed by atoms with van der Waals surface area (Å²) in [5, 5.41) is 0. The molecule has 0 aromatic heterocycles. The quantitative estimate of drug-likeness (QED) is 0.878. The lowest BCUT2D eigenvalue weighted by Gasteiger charge is -2.12. The molecule has 0 radical (unpaired) electrons. The molecule has 2 rings (SSSR count). The molecule has 2 N–H and O–H groups in total. The first-order chi connectivity index (χ1) is 9.74. The molecule has 4 heteroatoms. The molecule has 0 unspecified atom stereocenters. The predicted octanol–water partition coefficient (Wildman–Crippen LogP) is 3.54. The van der Waals surface area contributed by atoms with Crippen LogP contribution in [0.3, 0.4) is 0 Å². The summed E-state index contributed by atoms with van der Waals surface area (Å²) >= 11 is 3.53. The number of hydrogen-bond acceptors (Lipinski definition) is 3. The van der Waals surface area contributed by atoms with Gasteiger partial charge in [0.2, 0.25) is 0 Å². The first-order valence-electron chi connectivity index (χ1n) is 6.47. The Morgan fingerprint density at radius 2 is 1.90 bits per heavy atom. The zero-order valence-electron chi connectivity index (χ0n) is 11.4. The largest absolute Gasteiger partial charge is 0.497 e. The minimum Gasteiger partial charge on any atom is -0.497 e. The minimum atomic E-state index is 0.485. The number of ether oxygens (including phenoxy) is 2. The Morgan fingerprint density at radius 1 is 1.10 bits per heavy atom. The van der Waals surface area contributed by atoms with Gasteiger partial charge in [-0.05, 0) is 42.8 Å². The van der Waals surface area contributed by atoms with E-state index in [4.69, 9.17) is 15.2 Å². The Hall–Kier alpha value is -1.52. The van der Waals surface area contributed by atoms with Crippen molar-refractivity contribution in [3.05, 3.63) is 58.1 Å². The summed E-state index contributed by atoms with van der Waals surface area (Å²) in [6.45, 7) is 1.10. The van der Waals surface area contributed by atoms with Gasteiger partial charge in [0.15, 0.2) is 0 Å². The highest BCUT2D eigenvalue weighted by Gasteiger charge is 2.06. The van der Waals surface area contributed by atoms with Crippen LogP contribution in [0.15, 0.2) is 46.9 Å². The van der Waals surface area contributed by atoms with E-state index < -0.39 is 0 Å². The molecule has 2 aromatic rings. The molecule has 106 valence electrons. The molecular formula is C16H18BrNO2. The van der Waals surface area contributed by atoms with Crippen LogP contribution in [0.4, 0.5) is 0 Å². The third kappa shape index (κ3) is 3.74. The molecule has 0 amide bonds. The Bertz CT molecular complexity index is 572. The summed E-state index contributed by atoms with van der Waals surface area (Å²) in [5.41, 5.74) is 7.80. The topological polar surface area (TPSA) is 44.5 Å². The fourth-order valence-electron chi connectivity index (χ4n) is 1.95. The lowest BCUT2D eigenvalue weighted by molar-refractivity contribution is 0.301. The molecule has 0 atom stereocenters. The Balaban J connectivity index is 2.12. The monoisotopic (exact) mass is 335 g/mol. The van der Waals surface area contributed by atoms with Crippen LogP contribution >= 0.6 is 15.9 Å². The van der Waals surface area contributed by atoms with Gasteiger partial charge < -0.3 is 15.2 Å². The van der Waals surface area contributed by atoms with E-state index in [9.17, 15) is 0 Å². The van der Waals surface area contributed by atoms with Crippen molar-refractivity contribution < 1.29 is 9.47 Å². The standard InChI is InChI=1S/C16H18BrNO2/c1-19-14-6-7-15(17)13(10-14)11-20-16-5-3-2-4-12(16)8-9-18/h2-7,10H,8-9,11,18H2,1H3.